The Morgan fingerprint density at radius 1 is 1.21 bits per heavy atom. The zero-order valence-electron chi connectivity index (χ0n) is 12.4. The SMILES string of the molecule is CC(Cc1ccc(Cl)cc1)NCC(O)CC(C)(C)C. The average molecular weight is 284 g/mol. The summed E-state index contributed by atoms with van der Waals surface area (Å²) in [5, 5.41) is 14.1. The number of hydrogen-bond acceptors (Lipinski definition) is 2. The topological polar surface area (TPSA) is 32.3 Å². The molecule has 0 aromatic heterocycles. The fourth-order valence-corrected chi connectivity index (χ4v) is 2.29. The van der Waals surface area contributed by atoms with Crippen molar-refractivity contribution in [2.24, 2.45) is 5.41 Å². The first-order valence-corrected chi connectivity index (χ1v) is 7.30. The maximum Gasteiger partial charge on any atom is 0.0669 e. The van der Waals surface area contributed by atoms with Gasteiger partial charge < -0.3 is 10.4 Å². The van der Waals surface area contributed by atoms with E-state index in [4.69, 9.17) is 11.6 Å². The van der Waals surface area contributed by atoms with Crippen LogP contribution in [0.4, 0.5) is 0 Å². The second-order valence-electron chi connectivity index (χ2n) is 6.56. The molecule has 108 valence electrons. The predicted molar refractivity (Wildman–Crippen MR) is 82.7 cm³/mol. The number of hydrogen-bond donors (Lipinski definition) is 2. The molecule has 0 spiro atoms. The summed E-state index contributed by atoms with van der Waals surface area (Å²) in [7, 11) is 0. The smallest absolute Gasteiger partial charge is 0.0669 e. The van der Waals surface area contributed by atoms with Crippen molar-refractivity contribution < 1.29 is 5.11 Å². The van der Waals surface area contributed by atoms with Crippen LogP contribution >= 0.6 is 11.6 Å². The van der Waals surface area contributed by atoms with Crippen LogP contribution in [0.2, 0.25) is 5.02 Å². The Hall–Kier alpha value is -0.570. The van der Waals surface area contributed by atoms with E-state index in [2.05, 4.69) is 33.0 Å². The highest BCUT2D eigenvalue weighted by Crippen LogP contribution is 2.20. The Labute approximate surface area is 122 Å². The quantitative estimate of drug-likeness (QED) is 0.835. The van der Waals surface area contributed by atoms with Crippen LogP contribution in [0, 0.1) is 5.41 Å². The Balaban J connectivity index is 2.31. The van der Waals surface area contributed by atoms with Crippen LogP contribution in [0.3, 0.4) is 0 Å². The first kappa shape index (κ1) is 16.5. The summed E-state index contributed by atoms with van der Waals surface area (Å²) in [6, 6.07) is 8.27. The lowest BCUT2D eigenvalue weighted by atomic mass is 9.89. The van der Waals surface area contributed by atoms with E-state index in [1.807, 2.05) is 24.3 Å². The minimum Gasteiger partial charge on any atom is -0.392 e. The van der Waals surface area contributed by atoms with Gasteiger partial charge in [-0.25, -0.2) is 0 Å². The number of rotatable bonds is 6. The fourth-order valence-electron chi connectivity index (χ4n) is 2.16. The van der Waals surface area contributed by atoms with Gasteiger partial charge in [0.2, 0.25) is 0 Å². The summed E-state index contributed by atoms with van der Waals surface area (Å²) in [6.07, 6.45) is 1.47. The molecule has 2 unspecified atom stereocenters. The summed E-state index contributed by atoms with van der Waals surface area (Å²) in [4.78, 5) is 0. The van der Waals surface area contributed by atoms with E-state index >= 15 is 0 Å². The summed E-state index contributed by atoms with van der Waals surface area (Å²) in [5.74, 6) is 0. The molecule has 0 fully saturated rings. The lowest BCUT2D eigenvalue weighted by molar-refractivity contribution is 0.117. The van der Waals surface area contributed by atoms with Gasteiger partial charge in [-0.2, -0.15) is 0 Å². The first-order valence-electron chi connectivity index (χ1n) is 6.92. The molecule has 2 N–H and O–H groups in total. The Morgan fingerprint density at radius 3 is 2.32 bits per heavy atom. The number of nitrogens with one attached hydrogen (secondary N) is 1. The molecular weight excluding hydrogens is 258 g/mol. The van der Waals surface area contributed by atoms with Crippen LogP contribution < -0.4 is 5.32 Å². The summed E-state index contributed by atoms with van der Waals surface area (Å²) in [6.45, 7) is 9.22. The summed E-state index contributed by atoms with van der Waals surface area (Å²) < 4.78 is 0. The van der Waals surface area contributed by atoms with Crippen molar-refractivity contribution in [2.75, 3.05) is 6.54 Å². The molecule has 0 aliphatic heterocycles. The predicted octanol–water partition coefficient (Wildman–Crippen LogP) is 3.66. The Morgan fingerprint density at radius 2 is 1.79 bits per heavy atom. The third kappa shape index (κ3) is 7.56. The Bertz CT molecular complexity index is 369. The zero-order valence-corrected chi connectivity index (χ0v) is 13.2. The number of aliphatic hydroxyl groups excluding tert-OH is 1. The number of benzene rings is 1. The molecule has 0 saturated carbocycles. The van der Waals surface area contributed by atoms with Gasteiger partial charge in [0.15, 0.2) is 0 Å². The molecule has 1 aromatic rings. The molecule has 2 nitrogen and oxygen atoms in total. The molecule has 0 aliphatic rings. The van der Waals surface area contributed by atoms with Crippen molar-refractivity contribution in [3.8, 4) is 0 Å². The molecule has 1 rings (SSSR count). The van der Waals surface area contributed by atoms with Crippen molar-refractivity contribution in [3.05, 3.63) is 34.9 Å². The second-order valence-corrected chi connectivity index (χ2v) is 6.99. The monoisotopic (exact) mass is 283 g/mol. The van der Waals surface area contributed by atoms with Crippen LogP contribution in [0.1, 0.15) is 39.7 Å². The van der Waals surface area contributed by atoms with E-state index in [0.717, 1.165) is 17.9 Å². The zero-order chi connectivity index (χ0) is 14.5. The first-order chi connectivity index (χ1) is 8.76. The van der Waals surface area contributed by atoms with Gasteiger partial charge in [0.1, 0.15) is 0 Å². The minimum absolute atomic E-state index is 0.167. The highest BCUT2D eigenvalue weighted by molar-refractivity contribution is 6.30. The van der Waals surface area contributed by atoms with E-state index in [1.165, 1.54) is 5.56 Å². The number of halogens is 1. The minimum atomic E-state index is -0.285. The average Bonchev–Trinajstić information content (AvgIpc) is 2.27. The van der Waals surface area contributed by atoms with Gasteiger partial charge in [-0.05, 0) is 42.9 Å². The van der Waals surface area contributed by atoms with Gasteiger partial charge in [0.25, 0.3) is 0 Å². The molecule has 2 atom stereocenters. The van der Waals surface area contributed by atoms with E-state index in [0.29, 0.717) is 12.6 Å². The molecular formula is C16H26ClNO. The molecule has 1 aromatic carbocycles. The van der Waals surface area contributed by atoms with Gasteiger partial charge in [0, 0.05) is 17.6 Å². The maximum absolute atomic E-state index is 9.96. The molecule has 3 heteroatoms. The van der Waals surface area contributed by atoms with Crippen molar-refractivity contribution >= 4 is 11.6 Å². The van der Waals surface area contributed by atoms with Gasteiger partial charge in [-0.3, -0.25) is 0 Å². The maximum atomic E-state index is 9.96. The van der Waals surface area contributed by atoms with Crippen LogP contribution in [-0.2, 0) is 6.42 Å². The van der Waals surface area contributed by atoms with Crippen molar-refractivity contribution in [1.82, 2.24) is 5.32 Å². The fraction of sp³-hybridized carbons (Fsp3) is 0.625. The van der Waals surface area contributed by atoms with Gasteiger partial charge in [-0.15, -0.1) is 0 Å². The number of aliphatic hydroxyl groups is 1. The van der Waals surface area contributed by atoms with E-state index in [-0.39, 0.29) is 11.5 Å². The molecule has 0 aliphatic carbocycles. The van der Waals surface area contributed by atoms with Gasteiger partial charge >= 0.3 is 0 Å². The van der Waals surface area contributed by atoms with Crippen molar-refractivity contribution in [3.63, 3.8) is 0 Å². The summed E-state index contributed by atoms with van der Waals surface area (Å²) >= 11 is 5.86. The third-order valence-corrected chi connectivity index (χ3v) is 3.26. The molecule has 0 amide bonds. The highest BCUT2D eigenvalue weighted by atomic mass is 35.5. The van der Waals surface area contributed by atoms with Crippen LogP contribution in [0.5, 0.6) is 0 Å². The standard InChI is InChI=1S/C16H26ClNO/c1-12(9-13-5-7-14(17)8-6-13)18-11-15(19)10-16(2,3)4/h5-8,12,15,18-19H,9-11H2,1-4H3. The van der Waals surface area contributed by atoms with Crippen LogP contribution in [0.15, 0.2) is 24.3 Å². The largest absolute Gasteiger partial charge is 0.392 e. The molecule has 0 heterocycles. The van der Waals surface area contributed by atoms with Crippen LogP contribution in [0.25, 0.3) is 0 Å². The van der Waals surface area contributed by atoms with E-state index in [9.17, 15) is 5.11 Å². The third-order valence-electron chi connectivity index (χ3n) is 3.01. The van der Waals surface area contributed by atoms with Crippen molar-refractivity contribution in [2.45, 2.75) is 52.7 Å². The van der Waals surface area contributed by atoms with Gasteiger partial charge in [-0.1, -0.05) is 44.5 Å². The highest BCUT2D eigenvalue weighted by Gasteiger charge is 2.17. The Kier molecular flexibility index (Phi) is 6.31. The summed E-state index contributed by atoms with van der Waals surface area (Å²) in [5.41, 5.74) is 1.43. The van der Waals surface area contributed by atoms with Crippen molar-refractivity contribution in [1.29, 1.82) is 0 Å². The van der Waals surface area contributed by atoms with Crippen LogP contribution in [-0.4, -0.2) is 23.8 Å². The van der Waals surface area contributed by atoms with E-state index in [1.54, 1.807) is 0 Å². The molecule has 0 saturated heterocycles. The second kappa shape index (κ2) is 7.28. The molecule has 0 bridgehead atoms. The normalized spacial score (nSPS) is 15.3. The van der Waals surface area contributed by atoms with E-state index < -0.39 is 0 Å². The molecule has 19 heavy (non-hydrogen) atoms. The van der Waals surface area contributed by atoms with Gasteiger partial charge in [0.05, 0.1) is 6.10 Å². The molecule has 0 radical (unpaired) electrons. The lowest BCUT2D eigenvalue weighted by Gasteiger charge is -2.24. The lowest BCUT2D eigenvalue weighted by Crippen LogP contribution is -2.36.